The fourth-order valence-electron chi connectivity index (χ4n) is 5.52. The van der Waals surface area contributed by atoms with Crippen LogP contribution in [0.3, 0.4) is 0 Å². The first-order valence-corrected chi connectivity index (χ1v) is 14.9. The number of carbonyl (C=O) groups is 1. The van der Waals surface area contributed by atoms with Crippen LogP contribution in [0.15, 0.2) is 54.7 Å². The third-order valence-electron chi connectivity index (χ3n) is 8.51. The van der Waals surface area contributed by atoms with Gasteiger partial charge in [-0.3, -0.25) is 4.79 Å². The number of pyridine rings is 1. The fraction of sp³-hybridized carbons (Fsp3) is 0.455. The zero-order valence-electron chi connectivity index (χ0n) is 26.3. The Morgan fingerprint density at radius 3 is 2.00 bits per heavy atom. The van der Waals surface area contributed by atoms with Gasteiger partial charge in [0, 0.05) is 25.7 Å². The van der Waals surface area contributed by atoms with Crippen molar-refractivity contribution in [1.82, 2.24) is 10.3 Å². The van der Waals surface area contributed by atoms with E-state index in [1.54, 1.807) is 6.07 Å². The molecule has 0 bridgehead atoms. The number of halogens is 6. The van der Waals surface area contributed by atoms with Crippen LogP contribution in [-0.2, 0) is 22.6 Å². The Labute approximate surface area is 268 Å². The molecule has 2 fully saturated rings. The summed E-state index contributed by atoms with van der Waals surface area (Å²) in [5.41, 5.74) is -2.57. The second-order valence-electron chi connectivity index (χ2n) is 12.3. The monoisotopic (exact) mass is 668 g/mol. The molecule has 0 spiro atoms. The Kier molecular flexibility index (Phi) is 10.6. The maximum Gasteiger partial charge on any atom is 0.416 e. The summed E-state index contributed by atoms with van der Waals surface area (Å²) in [4.78, 5) is 21.3. The second-order valence-corrected chi connectivity index (χ2v) is 12.3. The first-order chi connectivity index (χ1) is 21.8. The summed E-state index contributed by atoms with van der Waals surface area (Å²) in [7, 11) is 1.41. The summed E-state index contributed by atoms with van der Waals surface area (Å²) in [6.45, 7) is 6.10. The predicted molar refractivity (Wildman–Crippen MR) is 165 cm³/mol. The number of aliphatic hydroxyl groups excluding tert-OH is 3. The lowest BCUT2D eigenvalue weighted by Gasteiger charge is -2.37. The predicted octanol–water partition coefficient (Wildman–Crippen LogP) is 4.92. The molecule has 2 aliphatic rings. The second kappa shape index (κ2) is 13.8. The number of benzene rings is 2. The molecule has 14 heteroatoms. The van der Waals surface area contributed by atoms with Crippen LogP contribution in [0.1, 0.15) is 42.5 Å². The third-order valence-corrected chi connectivity index (χ3v) is 8.51. The summed E-state index contributed by atoms with van der Waals surface area (Å²) < 4.78 is 81.0. The summed E-state index contributed by atoms with van der Waals surface area (Å²) in [6.07, 6.45) is -8.67. The maximum atomic E-state index is 13.8. The largest absolute Gasteiger partial charge is 0.416 e. The number of aromatic nitrogens is 1. The molecule has 1 amide bonds. The number of amides is 1. The topological polar surface area (TPSA) is 109 Å². The minimum absolute atomic E-state index is 0.0411. The first-order valence-electron chi connectivity index (χ1n) is 14.9. The van der Waals surface area contributed by atoms with Gasteiger partial charge in [0.2, 0.25) is 5.91 Å². The van der Waals surface area contributed by atoms with Gasteiger partial charge in [-0.15, -0.1) is 0 Å². The number of alkyl halides is 6. The number of aryl methyl sites for hydroxylation is 1. The average Bonchev–Trinajstić information content (AvgIpc) is 3.42. The Morgan fingerprint density at radius 1 is 0.957 bits per heavy atom. The molecule has 3 heterocycles. The molecule has 8 nitrogen and oxygen atoms in total. The third kappa shape index (κ3) is 8.06. The molecule has 3 aromatic rings. The van der Waals surface area contributed by atoms with Crippen molar-refractivity contribution in [2.45, 2.75) is 63.2 Å². The molecular formula is C33H38F6N4O4. The number of aliphatic hydroxyl groups is 3. The summed E-state index contributed by atoms with van der Waals surface area (Å²) in [5, 5.41) is 30.1. The van der Waals surface area contributed by atoms with Gasteiger partial charge in [-0.1, -0.05) is 24.3 Å². The quantitative estimate of drug-likeness (QED) is 0.277. The van der Waals surface area contributed by atoms with Crippen LogP contribution >= 0.6 is 0 Å². The normalized spacial score (nSPS) is 18.8. The Balaban J connectivity index is 0.000000546. The smallest absolute Gasteiger partial charge is 0.395 e. The Bertz CT molecular complexity index is 1540. The molecule has 47 heavy (non-hydrogen) atoms. The van der Waals surface area contributed by atoms with Crippen LogP contribution in [0.5, 0.6) is 0 Å². The lowest BCUT2D eigenvalue weighted by atomic mass is 9.81. The number of carbonyl (C=O) groups excluding carboxylic acids is 1. The fourth-order valence-corrected chi connectivity index (χ4v) is 5.52. The highest BCUT2D eigenvalue weighted by Crippen LogP contribution is 2.41. The van der Waals surface area contributed by atoms with E-state index in [4.69, 9.17) is 10.2 Å². The number of hydrogen-bond donors (Lipinski definition) is 4. The highest BCUT2D eigenvalue weighted by molar-refractivity contribution is 6.03. The van der Waals surface area contributed by atoms with Gasteiger partial charge in [-0.05, 0) is 74.7 Å². The van der Waals surface area contributed by atoms with E-state index < -0.39 is 46.5 Å². The molecule has 0 saturated carbocycles. The molecule has 2 atom stereocenters. The lowest BCUT2D eigenvalue weighted by molar-refractivity contribution is -0.143. The van der Waals surface area contributed by atoms with E-state index in [2.05, 4.69) is 10.3 Å². The van der Waals surface area contributed by atoms with Gasteiger partial charge in [0.15, 0.2) is 0 Å². The van der Waals surface area contributed by atoms with Gasteiger partial charge in [0.1, 0.15) is 5.82 Å². The van der Waals surface area contributed by atoms with Crippen molar-refractivity contribution < 1.29 is 46.5 Å². The molecule has 2 aromatic carbocycles. The van der Waals surface area contributed by atoms with Crippen LogP contribution in [0.4, 0.5) is 37.8 Å². The molecule has 256 valence electrons. The number of hydrogen-bond acceptors (Lipinski definition) is 7. The number of nitrogens with zero attached hydrogens (tertiary/aromatic N) is 3. The molecule has 4 N–H and O–H groups in total. The average molecular weight is 669 g/mol. The minimum Gasteiger partial charge on any atom is -0.395 e. The van der Waals surface area contributed by atoms with Crippen LogP contribution in [0, 0.1) is 6.92 Å². The van der Waals surface area contributed by atoms with Crippen molar-refractivity contribution in [3.63, 3.8) is 0 Å². The van der Waals surface area contributed by atoms with E-state index >= 15 is 0 Å². The van der Waals surface area contributed by atoms with E-state index in [9.17, 15) is 36.2 Å². The minimum atomic E-state index is -5.04. The van der Waals surface area contributed by atoms with Crippen molar-refractivity contribution in [3.05, 3.63) is 77.0 Å². The molecule has 1 aromatic heterocycles. The van der Waals surface area contributed by atoms with Gasteiger partial charge in [-0.25, -0.2) is 4.98 Å². The van der Waals surface area contributed by atoms with Crippen molar-refractivity contribution in [1.29, 1.82) is 0 Å². The van der Waals surface area contributed by atoms with E-state index in [0.717, 1.165) is 24.1 Å². The number of β-amino-alcohol motifs (C(OH)–C–C–N with tert-alkyl or cyclic N) is 1. The Hall–Kier alpha value is -3.72. The standard InChI is InChI=1S/C28H27F6N3O2.C5H11NO2/c1-16-7-5-6-8-21(16)22-12-24(37-14-20(38)15-37)35-13-23(22)36(4)25(39)26(2,3)17-9-18(27(29,30)31)11-19(10-17)28(32,33)34;7-3-4-5(8)1-2-6-4/h5-13,20,38H,14-15H2,1-4H3;4-8H,1-3H2/t;4-,5+/m.1/s1. The highest BCUT2D eigenvalue weighted by atomic mass is 19.4. The summed E-state index contributed by atoms with van der Waals surface area (Å²) in [6, 6.07) is 10.3. The number of rotatable bonds is 6. The number of anilines is 2. The number of likely N-dealkylation sites (N-methyl/N-ethyl adjacent to an activating group) is 1. The number of nitrogens with one attached hydrogen (secondary N) is 1. The van der Waals surface area contributed by atoms with E-state index in [1.165, 1.54) is 32.0 Å². The van der Waals surface area contributed by atoms with Crippen LogP contribution in [0.2, 0.25) is 0 Å². The Morgan fingerprint density at radius 2 is 1.53 bits per heavy atom. The van der Waals surface area contributed by atoms with Gasteiger partial charge in [-0.2, -0.15) is 26.3 Å². The molecule has 0 unspecified atom stereocenters. The molecule has 2 saturated heterocycles. The molecule has 5 rings (SSSR count). The van der Waals surface area contributed by atoms with E-state index in [1.807, 2.05) is 36.1 Å². The van der Waals surface area contributed by atoms with Crippen molar-refractivity contribution >= 4 is 17.4 Å². The van der Waals surface area contributed by atoms with Gasteiger partial charge < -0.3 is 30.4 Å². The van der Waals surface area contributed by atoms with Crippen LogP contribution < -0.4 is 15.1 Å². The zero-order valence-corrected chi connectivity index (χ0v) is 26.3. The lowest BCUT2D eigenvalue weighted by Crippen LogP contribution is -2.51. The summed E-state index contributed by atoms with van der Waals surface area (Å²) in [5.74, 6) is -0.159. The zero-order chi connectivity index (χ0) is 34.9. The van der Waals surface area contributed by atoms with Crippen molar-refractivity contribution in [3.8, 4) is 11.1 Å². The molecule has 2 aliphatic heterocycles. The highest BCUT2D eigenvalue weighted by Gasteiger charge is 2.41. The van der Waals surface area contributed by atoms with E-state index in [0.29, 0.717) is 42.3 Å². The van der Waals surface area contributed by atoms with E-state index in [-0.39, 0.29) is 24.8 Å². The SMILES string of the molecule is Cc1ccccc1-c1cc(N2CC(O)C2)ncc1N(C)C(=O)C(C)(C)c1cc(C(F)(F)F)cc(C(F)(F)F)c1.OC[C@H]1NCC[C@@H]1O. The van der Waals surface area contributed by atoms with Crippen LogP contribution in [0.25, 0.3) is 11.1 Å². The van der Waals surface area contributed by atoms with Gasteiger partial charge in [0.05, 0.1) is 53.3 Å². The van der Waals surface area contributed by atoms with Crippen LogP contribution in [-0.4, -0.2) is 77.7 Å². The summed E-state index contributed by atoms with van der Waals surface area (Å²) >= 11 is 0. The van der Waals surface area contributed by atoms with Gasteiger partial charge >= 0.3 is 12.4 Å². The maximum absolute atomic E-state index is 13.8. The first kappa shape index (κ1) is 36.1. The molecular weight excluding hydrogens is 630 g/mol. The van der Waals surface area contributed by atoms with Crippen molar-refractivity contribution in [2.24, 2.45) is 0 Å². The van der Waals surface area contributed by atoms with Crippen molar-refractivity contribution in [2.75, 3.05) is 43.1 Å². The molecule has 0 radical (unpaired) electrons. The molecule has 0 aliphatic carbocycles. The van der Waals surface area contributed by atoms with Gasteiger partial charge in [0.25, 0.3) is 0 Å².